The minimum absolute atomic E-state index is 0.265. The summed E-state index contributed by atoms with van der Waals surface area (Å²) in [5.74, 6) is 0. The van der Waals surface area contributed by atoms with Gasteiger partial charge in [0, 0.05) is 17.4 Å². The van der Waals surface area contributed by atoms with Gasteiger partial charge in [-0.05, 0) is 24.3 Å². The van der Waals surface area contributed by atoms with E-state index in [1.807, 2.05) is 34.7 Å². The Morgan fingerprint density at radius 1 is 1.20 bits per heavy atom. The monoisotopic (exact) mass is 282 g/mol. The lowest BCUT2D eigenvalue weighted by atomic mass is 10.1. The zero-order chi connectivity index (χ0) is 14.1. The lowest BCUT2D eigenvalue weighted by Gasteiger charge is -2.02. The second-order valence-electron chi connectivity index (χ2n) is 4.44. The zero-order valence-electron chi connectivity index (χ0n) is 10.5. The molecule has 0 aliphatic rings. The van der Waals surface area contributed by atoms with Crippen molar-refractivity contribution in [3.63, 3.8) is 0 Å². The Morgan fingerprint density at radius 2 is 1.95 bits per heavy atom. The number of hydrogen-bond acceptors (Lipinski definition) is 3. The fourth-order valence-electron chi connectivity index (χ4n) is 2.18. The molecule has 0 bridgehead atoms. The van der Waals surface area contributed by atoms with Gasteiger partial charge in [-0.3, -0.25) is 0 Å². The highest BCUT2D eigenvalue weighted by molar-refractivity contribution is 6.30. The molecule has 0 radical (unpaired) electrons. The number of nitrogen functional groups attached to an aromatic ring is 1. The quantitative estimate of drug-likeness (QED) is 0.733. The smallest absolute Gasteiger partial charge is 0.137 e. The van der Waals surface area contributed by atoms with E-state index in [2.05, 4.69) is 11.1 Å². The molecule has 0 atom stereocenters. The van der Waals surface area contributed by atoms with E-state index in [0.29, 0.717) is 10.7 Å². The van der Waals surface area contributed by atoms with Crippen LogP contribution in [0.15, 0.2) is 42.6 Å². The Morgan fingerprint density at radius 3 is 2.65 bits per heavy atom. The fraction of sp³-hybridized carbons (Fsp3) is 0.0667. The molecule has 5 heteroatoms. The van der Waals surface area contributed by atoms with Crippen LogP contribution >= 0.6 is 11.6 Å². The molecule has 2 aromatic heterocycles. The number of pyridine rings is 1. The van der Waals surface area contributed by atoms with E-state index < -0.39 is 0 Å². The average Bonchev–Trinajstić information content (AvgIpc) is 2.79. The van der Waals surface area contributed by atoms with Gasteiger partial charge < -0.3 is 10.1 Å². The topological polar surface area (TPSA) is 67.1 Å². The summed E-state index contributed by atoms with van der Waals surface area (Å²) in [6.45, 7) is 0. The molecule has 98 valence electrons. The van der Waals surface area contributed by atoms with Gasteiger partial charge in [0.1, 0.15) is 5.65 Å². The Hall–Kier alpha value is -2.51. The molecule has 2 N–H and O–H groups in total. The average molecular weight is 283 g/mol. The first-order valence-electron chi connectivity index (χ1n) is 6.08. The molecule has 2 heterocycles. The van der Waals surface area contributed by atoms with Crippen molar-refractivity contribution in [2.75, 3.05) is 5.73 Å². The zero-order valence-corrected chi connectivity index (χ0v) is 11.3. The lowest BCUT2D eigenvalue weighted by Crippen LogP contribution is -1.93. The summed E-state index contributed by atoms with van der Waals surface area (Å²) in [7, 11) is 0. The molecule has 0 saturated carbocycles. The van der Waals surface area contributed by atoms with Crippen molar-refractivity contribution in [3.05, 3.63) is 53.3 Å². The molecule has 0 fully saturated rings. The maximum Gasteiger partial charge on any atom is 0.137 e. The van der Waals surface area contributed by atoms with Crippen LogP contribution in [0, 0.1) is 11.3 Å². The molecule has 0 saturated heterocycles. The SMILES string of the molecule is N#CCc1c(-c2ccc(N)cc2)nc2ccc(Cl)cn12. The second-order valence-corrected chi connectivity index (χ2v) is 4.88. The number of nitrogens with zero attached hydrogens (tertiary/aromatic N) is 3. The highest BCUT2D eigenvalue weighted by Crippen LogP contribution is 2.26. The number of fused-ring (bicyclic) bond motifs is 1. The number of anilines is 1. The molecule has 0 aliphatic carbocycles. The number of benzene rings is 1. The van der Waals surface area contributed by atoms with Gasteiger partial charge in [-0.15, -0.1) is 0 Å². The molecule has 1 aromatic carbocycles. The minimum atomic E-state index is 0.265. The van der Waals surface area contributed by atoms with Crippen LogP contribution in [-0.2, 0) is 6.42 Å². The standard InChI is InChI=1S/C15H11ClN4/c16-11-3-6-14-19-15(10-1-4-12(18)5-2-10)13(7-8-17)20(14)9-11/h1-6,9H,7,18H2. The molecular weight excluding hydrogens is 272 g/mol. The van der Waals surface area contributed by atoms with Crippen molar-refractivity contribution < 1.29 is 0 Å². The summed E-state index contributed by atoms with van der Waals surface area (Å²) in [6, 6.07) is 13.2. The van der Waals surface area contributed by atoms with Crippen molar-refractivity contribution in [2.24, 2.45) is 0 Å². The predicted molar refractivity (Wildman–Crippen MR) is 79.4 cm³/mol. The highest BCUT2D eigenvalue weighted by Gasteiger charge is 2.13. The van der Waals surface area contributed by atoms with Gasteiger partial charge in [-0.2, -0.15) is 5.26 Å². The van der Waals surface area contributed by atoms with Gasteiger partial charge in [0.25, 0.3) is 0 Å². The van der Waals surface area contributed by atoms with Gasteiger partial charge in [-0.25, -0.2) is 4.98 Å². The van der Waals surface area contributed by atoms with Crippen molar-refractivity contribution in [1.82, 2.24) is 9.38 Å². The van der Waals surface area contributed by atoms with Gasteiger partial charge in [-0.1, -0.05) is 23.7 Å². The van der Waals surface area contributed by atoms with Gasteiger partial charge in [0.2, 0.25) is 0 Å². The van der Waals surface area contributed by atoms with E-state index in [4.69, 9.17) is 22.6 Å². The predicted octanol–water partition coefficient (Wildman–Crippen LogP) is 3.30. The molecule has 20 heavy (non-hydrogen) atoms. The van der Waals surface area contributed by atoms with E-state index in [0.717, 1.165) is 22.6 Å². The van der Waals surface area contributed by atoms with Crippen LogP contribution in [0.3, 0.4) is 0 Å². The molecule has 3 rings (SSSR count). The third kappa shape index (κ3) is 2.09. The summed E-state index contributed by atoms with van der Waals surface area (Å²) in [6.07, 6.45) is 2.04. The molecule has 3 aromatic rings. The summed E-state index contributed by atoms with van der Waals surface area (Å²) >= 11 is 6.02. The van der Waals surface area contributed by atoms with Crippen molar-refractivity contribution in [3.8, 4) is 17.3 Å². The van der Waals surface area contributed by atoms with Crippen LogP contribution in [0.1, 0.15) is 5.69 Å². The van der Waals surface area contributed by atoms with Crippen molar-refractivity contribution >= 4 is 22.9 Å². The summed E-state index contributed by atoms with van der Waals surface area (Å²) in [5, 5.41) is 9.65. The number of nitriles is 1. The maximum absolute atomic E-state index is 9.04. The minimum Gasteiger partial charge on any atom is -0.399 e. The number of aromatic nitrogens is 2. The van der Waals surface area contributed by atoms with Gasteiger partial charge >= 0.3 is 0 Å². The molecule has 0 amide bonds. The normalized spacial score (nSPS) is 10.6. The number of imidazole rings is 1. The molecule has 0 aliphatic heterocycles. The van der Waals surface area contributed by atoms with Crippen LogP contribution in [0.5, 0.6) is 0 Å². The van der Waals surface area contributed by atoms with Crippen LogP contribution in [-0.4, -0.2) is 9.38 Å². The first-order valence-corrected chi connectivity index (χ1v) is 6.46. The molecule has 4 nitrogen and oxygen atoms in total. The number of rotatable bonds is 2. The summed E-state index contributed by atoms with van der Waals surface area (Å²) in [4.78, 5) is 4.58. The third-order valence-electron chi connectivity index (χ3n) is 3.11. The highest BCUT2D eigenvalue weighted by atomic mass is 35.5. The van der Waals surface area contributed by atoms with Gasteiger partial charge in [0.15, 0.2) is 0 Å². The Balaban J connectivity index is 2.26. The molecule has 0 unspecified atom stereocenters. The van der Waals surface area contributed by atoms with E-state index in [1.165, 1.54) is 0 Å². The molecular formula is C15H11ClN4. The van der Waals surface area contributed by atoms with Crippen molar-refractivity contribution in [2.45, 2.75) is 6.42 Å². The van der Waals surface area contributed by atoms with E-state index in [1.54, 1.807) is 12.3 Å². The van der Waals surface area contributed by atoms with Gasteiger partial charge in [0.05, 0.1) is 28.9 Å². The third-order valence-corrected chi connectivity index (χ3v) is 3.34. The second kappa shape index (κ2) is 4.87. The van der Waals surface area contributed by atoms with E-state index >= 15 is 0 Å². The maximum atomic E-state index is 9.04. The summed E-state index contributed by atoms with van der Waals surface area (Å²) in [5.41, 5.74) is 9.72. The van der Waals surface area contributed by atoms with E-state index in [9.17, 15) is 0 Å². The first kappa shape index (κ1) is 12.5. The Labute approximate surface area is 121 Å². The van der Waals surface area contributed by atoms with Crippen LogP contribution in [0.2, 0.25) is 5.02 Å². The number of nitrogens with two attached hydrogens (primary N) is 1. The lowest BCUT2D eigenvalue weighted by molar-refractivity contribution is 1.06. The number of hydrogen-bond donors (Lipinski definition) is 1. The molecule has 0 spiro atoms. The largest absolute Gasteiger partial charge is 0.399 e. The van der Waals surface area contributed by atoms with E-state index in [-0.39, 0.29) is 6.42 Å². The fourth-order valence-corrected chi connectivity index (χ4v) is 2.34. The van der Waals surface area contributed by atoms with Crippen LogP contribution in [0.25, 0.3) is 16.9 Å². The van der Waals surface area contributed by atoms with Crippen LogP contribution < -0.4 is 5.73 Å². The number of halogens is 1. The van der Waals surface area contributed by atoms with Crippen LogP contribution in [0.4, 0.5) is 5.69 Å². The Bertz CT molecular complexity index is 812. The summed E-state index contributed by atoms with van der Waals surface area (Å²) < 4.78 is 1.86. The first-order chi connectivity index (χ1) is 9.69. The van der Waals surface area contributed by atoms with Crippen molar-refractivity contribution in [1.29, 1.82) is 5.26 Å². The Kier molecular flexibility index (Phi) is 3.05.